The summed E-state index contributed by atoms with van der Waals surface area (Å²) >= 11 is 0. The van der Waals surface area contributed by atoms with Crippen molar-refractivity contribution in [2.24, 2.45) is 0 Å². The third-order valence-electron chi connectivity index (χ3n) is 4.41. The number of hydrogen-bond acceptors (Lipinski definition) is 5. The zero-order valence-corrected chi connectivity index (χ0v) is 16.4. The van der Waals surface area contributed by atoms with E-state index in [-0.39, 0.29) is 5.04 Å². The summed E-state index contributed by atoms with van der Waals surface area (Å²) in [5, 5.41) is 0.111. The lowest BCUT2D eigenvalue weighted by Gasteiger charge is -2.36. The third-order valence-corrected chi connectivity index (χ3v) is 8.89. The van der Waals surface area contributed by atoms with Gasteiger partial charge in [0.25, 0.3) is 0 Å². The Bertz CT molecular complexity index is 536. The number of carbonyl (C=O) groups excluding carboxylic acids is 1. The molecule has 0 aliphatic carbocycles. The van der Waals surface area contributed by atoms with Gasteiger partial charge < -0.3 is 18.6 Å². The molecule has 1 aromatic carbocycles. The number of hydrogen-bond donors (Lipinski definition) is 0. The fraction of sp³-hybridized carbons (Fsp3) is 0.588. The number of carbonyl (C=O) groups is 1. The number of methoxy groups -OCH3 is 3. The predicted octanol–water partition coefficient (Wildman–Crippen LogP) is 4.01. The first-order chi connectivity index (χ1) is 10.6. The van der Waals surface area contributed by atoms with E-state index in [0.717, 1.165) is 5.56 Å². The number of rotatable bonds is 6. The van der Waals surface area contributed by atoms with Gasteiger partial charge in [0.15, 0.2) is 8.32 Å². The van der Waals surface area contributed by atoms with Crippen LogP contribution in [-0.2, 0) is 15.8 Å². The minimum Gasteiger partial charge on any atom is -0.496 e. The van der Waals surface area contributed by atoms with E-state index in [1.54, 1.807) is 26.4 Å². The fourth-order valence-electron chi connectivity index (χ4n) is 1.83. The Morgan fingerprint density at radius 2 is 1.52 bits per heavy atom. The highest BCUT2D eigenvalue weighted by Crippen LogP contribution is 2.39. The lowest BCUT2D eigenvalue weighted by molar-refractivity contribution is 0.0599. The second kappa shape index (κ2) is 7.36. The van der Waals surface area contributed by atoms with Crippen molar-refractivity contribution in [3.63, 3.8) is 0 Å². The molecule has 0 aromatic heterocycles. The van der Waals surface area contributed by atoms with Crippen LogP contribution in [0.3, 0.4) is 0 Å². The van der Waals surface area contributed by atoms with E-state index in [1.165, 1.54) is 7.11 Å². The summed E-state index contributed by atoms with van der Waals surface area (Å²) in [5.74, 6) is 0.686. The molecule has 0 atom stereocenters. The zero-order valence-electron chi connectivity index (χ0n) is 15.4. The molecule has 0 radical (unpaired) electrons. The summed E-state index contributed by atoms with van der Waals surface area (Å²) in [6, 6.07) is 3.30. The standard InChI is InChI=1S/C17H28O5Si/c1-17(2,3)23(7,8)22-11-13-14(19-4)9-12(16(18)21-6)10-15(13)20-5/h9-10H,11H2,1-8H3. The second-order valence-electron chi connectivity index (χ2n) is 6.90. The van der Waals surface area contributed by atoms with Crippen LogP contribution in [0.1, 0.15) is 36.7 Å². The monoisotopic (exact) mass is 340 g/mol. The summed E-state index contributed by atoms with van der Waals surface area (Å²) in [7, 11) is 2.56. The molecule has 6 heteroatoms. The average Bonchev–Trinajstić information content (AvgIpc) is 2.49. The Kier molecular flexibility index (Phi) is 6.24. The highest BCUT2D eigenvalue weighted by atomic mass is 28.4. The molecule has 0 amide bonds. The van der Waals surface area contributed by atoms with Crippen molar-refractivity contribution in [3.8, 4) is 11.5 Å². The van der Waals surface area contributed by atoms with Crippen LogP contribution < -0.4 is 9.47 Å². The normalized spacial score (nSPS) is 12.0. The van der Waals surface area contributed by atoms with Crippen LogP contribution in [0.15, 0.2) is 12.1 Å². The molecule has 1 rings (SSSR count). The van der Waals surface area contributed by atoms with Gasteiger partial charge in [0.05, 0.1) is 39.1 Å². The van der Waals surface area contributed by atoms with Crippen molar-refractivity contribution in [2.75, 3.05) is 21.3 Å². The molecule has 0 spiro atoms. The van der Waals surface area contributed by atoms with Gasteiger partial charge in [-0.1, -0.05) is 20.8 Å². The van der Waals surface area contributed by atoms with Crippen molar-refractivity contribution in [3.05, 3.63) is 23.3 Å². The van der Waals surface area contributed by atoms with Crippen molar-refractivity contribution < 1.29 is 23.4 Å². The van der Waals surface area contributed by atoms with Crippen LogP contribution in [0.4, 0.5) is 0 Å². The SMILES string of the molecule is COC(=O)c1cc(OC)c(CO[Si](C)(C)C(C)(C)C)c(OC)c1. The Balaban J connectivity index is 3.18. The highest BCUT2D eigenvalue weighted by molar-refractivity contribution is 6.74. The van der Waals surface area contributed by atoms with Crippen molar-refractivity contribution in [1.82, 2.24) is 0 Å². The molecule has 5 nitrogen and oxygen atoms in total. The van der Waals surface area contributed by atoms with Gasteiger partial charge in [-0.3, -0.25) is 0 Å². The van der Waals surface area contributed by atoms with Crippen LogP contribution in [-0.4, -0.2) is 35.6 Å². The maximum Gasteiger partial charge on any atom is 0.338 e. The molecule has 0 aliphatic heterocycles. The summed E-state index contributed by atoms with van der Waals surface area (Å²) < 4.78 is 21.9. The van der Waals surface area contributed by atoms with Crippen molar-refractivity contribution in [2.45, 2.75) is 45.5 Å². The first-order valence-corrected chi connectivity index (χ1v) is 10.5. The number of benzene rings is 1. The summed E-state index contributed by atoms with van der Waals surface area (Å²) in [6.45, 7) is 11.3. The molecule has 1 aromatic rings. The predicted molar refractivity (Wildman–Crippen MR) is 92.9 cm³/mol. The van der Waals surface area contributed by atoms with Gasteiger partial charge >= 0.3 is 5.97 Å². The largest absolute Gasteiger partial charge is 0.496 e. The minimum absolute atomic E-state index is 0.111. The Hall–Kier alpha value is -1.53. The maximum atomic E-state index is 11.8. The lowest BCUT2D eigenvalue weighted by Crippen LogP contribution is -2.40. The van der Waals surface area contributed by atoms with Crippen molar-refractivity contribution in [1.29, 1.82) is 0 Å². The summed E-state index contributed by atoms with van der Waals surface area (Å²) in [6.07, 6.45) is 0. The van der Waals surface area contributed by atoms with E-state index < -0.39 is 14.3 Å². The summed E-state index contributed by atoms with van der Waals surface area (Å²) in [5.41, 5.74) is 1.18. The van der Waals surface area contributed by atoms with E-state index >= 15 is 0 Å². The van der Waals surface area contributed by atoms with Gasteiger partial charge in [-0.2, -0.15) is 0 Å². The molecule has 0 bridgehead atoms. The molecular weight excluding hydrogens is 312 g/mol. The smallest absolute Gasteiger partial charge is 0.338 e. The molecular formula is C17H28O5Si. The second-order valence-corrected chi connectivity index (χ2v) is 11.7. The Morgan fingerprint density at radius 1 is 1.04 bits per heavy atom. The third kappa shape index (κ3) is 4.48. The number of ether oxygens (including phenoxy) is 3. The maximum absolute atomic E-state index is 11.8. The van der Waals surface area contributed by atoms with Crippen LogP contribution in [0.5, 0.6) is 11.5 Å². The average molecular weight is 340 g/mol. The molecule has 23 heavy (non-hydrogen) atoms. The van der Waals surface area contributed by atoms with Gasteiger partial charge in [0.2, 0.25) is 0 Å². The van der Waals surface area contributed by atoms with Gasteiger partial charge in [-0.15, -0.1) is 0 Å². The molecule has 0 heterocycles. The van der Waals surface area contributed by atoms with Crippen LogP contribution >= 0.6 is 0 Å². The first-order valence-electron chi connectivity index (χ1n) is 7.54. The lowest BCUT2D eigenvalue weighted by atomic mass is 10.1. The molecule has 130 valence electrons. The fourth-order valence-corrected chi connectivity index (χ4v) is 2.77. The topological polar surface area (TPSA) is 54.0 Å². The van der Waals surface area contributed by atoms with E-state index in [4.69, 9.17) is 18.6 Å². The molecule has 0 saturated heterocycles. The van der Waals surface area contributed by atoms with Gasteiger partial charge in [-0.05, 0) is 30.3 Å². The quantitative estimate of drug-likeness (QED) is 0.578. The number of esters is 1. The minimum atomic E-state index is -1.90. The Morgan fingerprint density at radius 3 is 1.87 bits per heavy atom. The molecule has 0 fully saturated rings. The van der Waals surface area contributed by atoms with Gasteiger partial charge in [0, 0.05) is 0 Å². The summed E-state index contributed by atoms with van der Waals surface area (Å²) in [4.78, 5) is 11.8. The molecule has 0 unspecified atom stereocenters. The van der Waals surface area contributed by atoms with Crippen molar-refractivity contribution >= 4 is 14.3 Å². The van der Waals surface area contributed by atoms with Gasteiger partial charge in [-0.25, -0.2) is 4.79 Å². The van der Waals surface area contributed by atoms with E-state index in [0.29, 0.717) is 23.7 Å². The van der Waals surface area contributed by atoms with Crippen LogP contribution in [0, 0.1) is 0 Å². The van der Waals surface area contributed by atoms with Gasteiger partial charge in [0.1, 0.15) is 11.5 Å². The van der Waals surface area contributed by atoms with E-state index in [1.807, 2.05) is 0 Å². The molecule has 0 N–H and O–H groups in total. The zero-order chi connectivity index (χ0) is 17.8. The molecule has 0 aliphatic rings. The first kappa shape index (κ1) is 19.5. The molecule has 0 saturated carbocycles. The van der Waals surface area contributed by atoms with Crippen LogP contribution in [0.2, 0.25) is 18.1 Å². The highest BCUT2D eigenvalue weighted by Gasteiger charge is 2.37. The van der Waals surface area contributed by atoms with E-state index in [2.05, 4.69) is 33.9 Å². The van der Waals surface area contributed by atoms with E-state index in [9.17, 15) is 4.79 Å². The Labute approximate surface area is 140 Å². The van der Waals surface area contributed by atoms with Crippen LogP contribution in [0.25, 0.3) is 0 Å².